The van der Waals surface area contributed by atoms with Gasteiger partial charge in [-0.1, -0.05) is 0 Å². The first-order chi connectivity index (χ1) is 8.61. The van der Waals surface area contributed by atoms with Crippen LogP contribution in [0.2, 0.25) is 0 Å². The van der Waals surface area contributed by atoms with Crippen LogP contribution >= 0.6 is 0 Å². The van der Waals surface area contributed by atoms with Gasteiger partial charge in [-0.2, -0.15) is 10.1 Å². The molecule has 7 nitrogen and oxygen atoms in total. The van der Waals surface area contributed by atoms with Crippen LogP contribution in [0.4, 0.5) is 11.6 Å². The van der Waals surface area contributed by atoms with Gasteiger partial charge in [-0.3, -0.25) is 10.1 Å². The van der Waals surface area contributed by atoms with E-state index in [1.165, 1.54) is 18.1 Å². The van der Waals surface area contributed by atoms with Crippen molar-refractivity contribution in [2.24, 2.45) is 7.05 Å². The van der Waals surface area contributed by atoms with Crippen LogP contribution in [0.1, 0.15) is 10.4 Å². The highest BCUT2D eigenvalue weighted by atomic mass is 16.5. The van der Waals surface area contributed by atoms with Crippen molar-refractivity contribution in [3.05, 3.63) is 30.1 Å². The molecular formula is C11H13N5O2. The molecule has 0 fully saturated rings. The molecule has 0 spiro atoms. The first-order valence-electron chi connectivity index (χ1n) is 5.20. The maximum atomic E-state index is 12.0. The van der Waals surface area contributed by atoms with E-state index in [0.29, 0.717) is 22.9 Å². The van der Waals surface area contributed by atoms with Crippen molar-refractivity contribution in [3.8, 4) is 5.75 Å². The van der Waals surface area contributed by atoms with Gasteiger partial charge in [0.2, 0.25) is 5.95 Å². The number of carbonyl (C=O) groups is 1. The van der Waals surface area contributed by atoms with E-state index in [0.717, 1.165) is 0 Å². The molecule has 1 heterocycles. The normalized spacial score (nSPS) is 10.1. The summed E-state index contributed by atoms with van der Waals surface area (Å²) in [7, 11) is 3.20. The zero-order chi connectivity index (χ0) is 13.1. The van der Waals surface area contributed by atoms with E-state index in [1.807, 2.05) is 0 Å². The standard InChI is InChI=1S/C11H13N5O2/c1-16-11(13-6-14-16)15-10(17)8-5-7(18-2)3-4-9(8)12/h3-6H,12H2,1-2H3,(H,13,14,15,17). The number of nitrogen functional groups attached to an aromatic ring is 1. The average Bonchev–Trinajstić information content (AvgIpc) is 2.75. The number of ether oxygens (including phenoxy) is 1. The van der Waals surface area contributed by atoms with E-state index in [9.17, 15) is 4.79 Å². The number of nitrogens with zero attached hydrogens (tertiary/aromatic N) is 3. The minimum atomic E-state index is -0.359. The summed E-state index contributed by atoms with van der Waals surface area (Å²) >= 11 is 0. The predicted molar refractivity (Wildman–Crippen MR) is 66.4 cm³/mol. The Labute approximate surface area is 104 Å². The molecule has 2 rings (SSSR count). The van der Waals surface area contributed by atoms with Crippen LogP contribution in [0.25, 0.3) is 0 Å². The lowest BCUT2D eigenvalue weighted by Crippen LogP contribution is -2.17. The molecule has 1 aromatic carbocycles. The number of hydrogen-bond donors (Lipinski definition) is 2. The molecule has 0 radical (unpaired) electrons. The highest BCUT2D eigenvalue weighted by molar-refractivity contribution is 6.07. The molecule has 2 aromatic rings. The Morgan fingerprint density at radius 3 is 2.89 bits per heavy atom. The Morgan fingerprint density at radius 1 is 1.50 bits per heavy atom. The van der Waals surface area contributed by atoms with Crippen molar-refractivity contribution in [1.29, 1.82) is 0 Å². The molecule has 7 heteroatoms. The summed E-state index contributed by atoms with van der Waals surface area (Å²) in [6, 6.07) is 4.87. The maximum Gasteiger partial charge on any atom is 0.260 e. The van der Waals surface area contributed by atoms with Gasteiger partial charge >= 0.3 is 0 Å². The number of amides is 1. The number of anilines is 2. The number of nitrogens with one attached hydrogen (secondary N) is 1. The van der Waals surface area contributed by atoms with Crippen molar-refractivity contribution in [1.82, 2.24) is 14.8 Å². The number of benzene rings is 1. The fourth-order valence-electron chi connectivity index (χ4n) is 1.44. The van der Waals surface area contributed by atoms with Crippen molar-refractivity contribution < 1.29 is 9.53 Å². The molecule has 0 saturated heterocycles. The van der Waals surface area contributed by atoms with Crippen molar-refractivity contribution in [2.75, 3.05) is 18.2 Å². The quantitative estimate of drug-likeness (QED) is 0.777. The van der Waals surface area contributed by atoms with E-state index in [1.54, 1.807) is 25.2 Å². The van der Waals surface area contributed by atoms with Gasteiger partial charge < -0.3 is 10.5 Å². The molecule has 94 valence electrons. The Bertz CT molecular complexity index is 579. The van der Waals surface area contributed by atoms with Crippen molar-refractivity contribution in [2.45, 2.75) is 0 Å². The van der Waals surface area contributed by atoms with Crippen molar-refractivity contribution in [3.63, 3.8) is 0 Å². The second-order valence-corrected chi connectivity index (χ2v) is 3.61. The summed E-state index contributed by atoms with van der Waals surface area (Å²) in [5.41, 5.74) is 6.45. The van der Waals surface area contributed by atoms with Crippen LogP contribution in [-0.2, 0) is 7.05 Å². The number of hydrogen-bond acceptors (Lipinski definition) is 5. The van der Waals surface area contributed by atoms with Gasteiger partial charge in [0, 0.05) is 12.7 Å². The highest BCUT2D eigenvalue weighted by Crippen LogP contribution is 2.20. The molecule has 0 aliphatic carbocycles. The van der Waals surface area contributed by atoms with Gasteiger partial charge in [0.15, 0.2) is 0 Å². The number of rotatable bonds is 3. The Morgan fingerprint density at radius 2 is 2.28 bits per heavy atom. The number of nitrogens with two attached hydrogens (primary N) is 1. The molecule has 18 heavy (non-hydrogen) atoms. The number of methoxy groups -OCH3 is 1. The molecule has 0 atom stereocenters. The first-order valence-corrected chi connectivity index (χ1v) is 5.20. The van der Waals surface area contributed by atoms with E-state index in [2.05, 4.69) is 15.4 Å². The van der Waals surface area contributed by atoms with Gasteiger partial charge in [-0.05, 0) is 18.2 Å². The molecular weight excluding hydrogens is 234 g/mol. The fraction of sp³-hybridized carbons (Fsp3) is 0.182. The summed E-state index contributed by atoms with van der Waals surface area (Å²) in [5, 5.41) is 6.47. The molecule has 0 unspecified atom stereocenters. The van der Waals surface area contributed by atoms with Crippen LogP contribution in [-0.4, -0.2) is 27.8 Å². The third-order valence-corrected chi connectivity index (χ3v) is 2.44. The Kier molecular flexibility index (Phi) is 3.13. The lowest BCUT2D eigenvalue weighted by atomic mass is 10.1. The fourth-order valence-corrected chi connectivity index (χ4v) is 1.44. The maximum absolute atomic E-state index is 12.0. The van der Waals surface area contributed by atoms with E-state index >= 15 is 0 Å². The summed E-state index contributed by atoms with van der Waals surface area (Å²) in [6.45, 7) is 0. The van der Waals surface area contributed by atoms with E-state index in [4.69, 9.17) is 10.5 Å². The zero-order valence-corrected chi connectivity index (χ0v) is 10.0. The lowest BCUT2D eigenvalue weighted by molar-refractivity contribution is 0.102. The predicted octanol–water partition coefficient (Wildman–Crippen LogP) is 0.658. The third-order valence-electron chi connectivity index (χ3n) is 2.44. The van der Waals surface area contributed by atoms with Gasteiger partial charge in [0.25, 0.3) is 5.91 Å². The van der Waals surface area contributed by atoms with Crippen LogP contribution in [0.15, 0.2) is 24.5 Å². The second kappa shape index (κ2) is 4.74. The lowest BCUT2D eigenvalue weighted by Gasteiger charge is -2.08. The smallest absolute Gasteiger partial charge is 0.260 e. The van der Waals surface area contributed by atoms with E-state index < -0.39 is 0 Å². The van der Waals surface area contributed by atoms with Crippen molar-refractivity contribution >= 4 is 17.5 Å². The molecule has 3 N–H and O–H groups in total. The molecule has 1 aromatic heterocycles. The average molecular weight is 247 g/mol. The Hall–Kier alpha value is -2.57. The highest BCUT2D eigenvalue weighted by Gasteiger charge is 2.13. The molecule has 0 bridgehead atoms. The van der Waals surface area contributed by atoms with Crippen LogP contribution < -0.4 is 15.8 Å². The van der Waals surface area contributed by atoms with Gasteiger partial charge in [-0.15, -0.1) is 0 Å². The molecule has 0 aliphatic heterocycles. The number of carbonyl (C=O) groups excluding carboxylic acids is 1. The summed E-state index contributed by atoms with van der Waals surface area (Å²) < 4.78 is 6.50. The van der Waals surface area contributed by atoms with Gasteiger partial charge in [-0.25, -0.2) is 4.68 Å². The van der Waals surface area contributed by atoms with Crippen LogP contribution in [0, 0.1) is 0 Å². The minimum Gasteiger partial charge on any atom is -0.497 e. The summed E-state index contributed by atoms with van der Waals surface area (Å²) in [5.74, 6) is 0.553. The zero-order valence-electron chi connectivity index (χ0n) is 10.0. The van der Waals surface area contributed by atoms with E-state index in [-0.39, 0.29) is 5.91 Å². The Balaban J connectivity index is 2.26. The van der Waals surface area contributed by atoms with Crippen LogP contribution in [0.5, 0.6) is 5.75 Å². The molecule has 0 saturated carbocycles. The minimum absolute atomic E-state index is 0.331. The topological polar surface area (TPSA) is 95.1 Å². The summed E-state index contributed by atoms with van der Waals surface area (Å²) in [6.07, 6.45) is 1.35. The van der Waals surface area contributed by atoms with Crippen LogP contribution in [0.3, 0.4) is 0 Å². The SMILES string of the molecule is COc1ccc(N)c(C(=O)Nc2ncnn2C)c1. The summed E-state index contributed by atoms with van der Waals surface area (Å²) in [4.78, 5) is 15.9. The van der Waals surface area contributed by atoms with Gasteiger partial charge in [0.05, 0.1) is 12.7 Å². The number of aryl methyl sites for hydroxylation is 1. The molecule has 0 aliphatic rings. The molecule has 1 amide bonds. The number of aromatic nitrogens is 3. The van der Waals surface area contributed by atoms with Gasteiger partial charge in [0.1, 0.15) is 12.1 Å². The largest absolute Gasteiger partial charge is 0.497 e. The second-order valence-electron chi connectivity index (χ2n) is 3.61. The first kappa shape index (κ1) is 11.9. The monoisotopic (exact) mass is 247 g/mol. The third kappa shape index (κ3) is 2.24.